The van der Waals surface area contributed by atoms with Crippen LogP contribution in [0.15, 0.2) is 12.2 Å². The van der Waals surface area contributed by atoms with E-state index in [0.717, 1.165) is 6.42 Å². The van der Waals surface area contributed by atoms with Gasteiger partial charge < -0.3 is 9.84 Å². The molecule has 0 aromatic rings. The fourth-order valence-electron chi connectivity index (χ4n) is 6.46. The van der Waals surface area contributed by atoms with E-state index in [1.807, 2.05) is 6.92 Å². The maximum Gasteiger partial charge on any atom is 0.320 e. The summed E-state index contributed by atoms with van der Waals surface area (Å²) in [7, 11) is 0. The van der Waals surface area contributed by atoms with Crippen molar-refractivity contribution in [1.82, 2.24) is 0 Å². The molecule has 2 saturated carbocycles. The molecule has 2 spiro atoms. The molecule has 0 aromatic heterocycles. The molecular formula is C20H24O6. The van der Waals surface area contributed by atoms with Crippen LogP contribution in [0.4, 0.5) is 0 Å². The first-order chi connectivity index (χ1) is 12.1. The molecule has 1 heterocycles. The summed E-state index contributed by atoms with van der Waals surface area (Å²) in [6.07, 6.45) is 4.68. The van der Waals surface area contributed by atoms with E-state index in [1.165, 1.54) is 6.08 Å². The van der Waals surface area contributed by atoms with Gasteiger partial charge in [0.1, 0.15) is 12.0 Å². The van der Waals surface area contributed by atoms with Gasteiger partial charge in [0, 0.05) is 5.92 Å². The Morgan fingerprint density at radius 1 is 1.23 bits per heavy atom. The van der Waals surface area contributed by atoms with Gasteiger partial charge in [-0.2, -0.15) is 0 Å². The summed E-state index contributed by atoms with van der Waals surface area (Å²) in [5.74, 6) is -3.94. The van der Waals surface area contributed by atoms with Gasteiger partial charge in [-0.15, -0.1) is 0 Å². The zero-order valence-electron chi connectivity index (χ0n) is 15.3. The van der Waals surface area contributed by atoms with E-state index in [9.17, 15) is 24.3 Å². The number of carbonyl (C=O) groups excluding carboxylic acids is 3. The predicted octanol–water partition coefficient (Wildman–Crippen LogP) is 2.02. The van der Waals surface area contributed by atoms with Crippen molar-refractivity contribution in [2.45, 2.75) is 40.0 Å². The Labute approximate surface area is 152 Å². The van der Waals surface area contributed by atoms with Crippen molar-refractivity contribution in [2.24, 2.45) is 39.9 Å². The second-order valence-corrected chi connectivity index (χ2v) is 9.13. The van der Waals surface area contributed by atoms with Crippen LogP contribution in [0, 0.1) is 39.9 Å². The number of ketones is 2. The molecule has 0 radical (unpaired) electrons. The van der Waals surface area contributed by atoms with Crippen LogP contribution in [0.1, 0.15) is 40.0 Å². The Hall–Kier alpha value is -1.98. The van der Waals surface area contributed by atoms with E-state index < -0.39 is 40.0 Å². The van der Waals surface area contributed by atoms with Crippen molar-refractivity contribution in [2.75, 3.05) is 6.61 Å². The van der Waals surface area contributed by atoms with Crippen LogP contribution in [0.2, 0.25) is 0 Å². The van der Waals surface area contributed by atoms with E-state index in [4.69, 9.17) is 4.74 Å². The third-order valence-electron chi connectivity index (χ3n) is 7.62. The van der Waals surface area contributed by atoms with Gasteiger partial charge in [0.05, 0.1) is 11.3 Å². The van der Waals surface area contributed by atoms with Crippen LogP contribution in [-0.4, -0.2) is 35.2 Å². The van der Waals surface area contributed by atoms with Gasteiger partial charge >= 0.3 is 11.9 Å². The average Bonchev–Trinajstić information content (AvgIpc) is 2.76. The van der Waals surface area contributed by atoms with E-state index in [0.29, 0.717) is 12.8 Å². The molecule has 4 aliphatic rings. The number of allylic oxidation sites excluding steroid dienone is 2. The highest BCUT2D eigenvalue weighted by atomic mass is 16.5. The highest BCUT2D eigenvalue weighted by Gasteiger charge is 2.75. The fraction of sp³-hybridized carbons (Fsp3) is 0.700. The van der Waals surface area contributed by atoms with Gasteiger partial charge in [0.25, 0.3) is 0 Å². The molecule has 6 atom stereocenters. The molecular weight excluding hydrogens is 336 g/mol. The summed E-state index contributed by atoms with van der Waals surface area (Å²) in [5.41, 5.74) is -3.51. The Morgan fingerprint density at radius 2 is 1.92 bits per heavy atom. The molecule has 0 aromatic carbocycles. The standard InChI is InChI=1S/C20H24O6/c1-10-11-4-5-12-19(8-11,15(10)22)17(25)26-9-20(12)13(21)6-7-18(2,3)14(20)16(23)24/h6-7,10-12,14H,4-5,8-9H2,1-3H3,(H,23,24). The molecule has 0 amide bonds. The molecule has 140 valence electrons. The quantitative estimate of drug-likeness (QED) is 0.567. The summed E-state index contributed by atoms with van der Waals surface area (Å²) >= 11 is 0. The lowest BCUT2D eigenvalue weighted by atomic mass is 9.45. The van der Waals surface area contributed by atoms with Gasteiger partial charge in [0.2, 0.25) is 0 Å². The Morgan fingerprint density at radius 3 is 2.58 bits per heavy atom. The van der Waals surface area contributed by atoms with Crippen molar-refractivity contribution in [1.29, 1.82) is 0 Å². The van der Waals surface area contributed by atoms with E-state index in [2.05, 4.69) is 0 Å². The first kappa shape index (κ1) is 17.4. The smallest absolute Gasteiger partial charge is 0.320 e. The number of rotatable bonds is 1. The third-order valence-corrected chi connectivity index (χ3v) is 7.62. The summed E-state index contributed by atoms with van der Waals surface area (Å²) < 4.78 is 5.45. The maximum absolute atomic E-state index is 13.1. The highest BCUT2D eigenvalue weighted by molar-refractivity contribution is 6.10. The number of carboxylic acid groups (broad SMARTS) is 1. The lowest BCUT2D eigenvalue weighted by Crippen LogP contribution is -2.67. The van der Waals surface area contributed by atoms with Crippen molar-refractivity contribution in [3.63, 3.8) is 0 Å². The Kier molecular flexibility index (Phi) is 3.39. The average molecular weight is 360 g/mol. The van der Waals surface area contributed by atoms with Gasteiger partial charge in [-0.3, -0.25) is 19.2 Å². The van der Waals surface area contributed by atoms with Crippen molar-refractivity contribution in [3.05, 3.63) is 12.2 Å². The van der Waals surface area contributed by atoms with Crippen LogP contribution < -0.4 is 0 Å². The number of carbonyl (C=O) groups is 4. The van der Waals surface area contributed by atoms with Gasteiger partial charge in [-0.05, 0) is 42.6 Å². The molecule has 6 nitrogen and oxygen atoms in total. The number of hydrogen-bond donors (Lipinski definition) is 1. The second-order valence-electron chi connectivity index (χ2n) is 9.13. The van der Waals surface area contributed by atoms with Crippen LogP contribution in [0.5, 0.6) is 0 Å². The zero-order valence-corrected chi connectivity index (χ0v) is 15.3. The SMILES string of the molecule is CC1C(=O)C23CC1CCC2C1(COC3=O)C(=O)C=CC(C)(C)C1C(=O)O. The van der Waals surface area contributed by atoms with E-state index >= 15 is 0 Å². The predicted molar refractivity (Wildman–Crippen MR) is 89.9 cm³/mol. The minimum Gasteiger partial charge on any atom is -0.481 e. The number of cyclic esters (lactones) is 1. The molecule has 3 aliphatic carbocycles. The third kappa shape index (κ3) is 1.78. The Bertz CT molecular complexity index is 764. The fourth-order valence-corrected chi connectivity index (χ4v) is 6.46. The minimum absolute atomic E-state index is 0.104. The minimum atomic E-state index is -1.37. The number of Topliss-reactive ketones (excluding diaryl/α,β-unsaturated/α-hetero) is 1. The molecule has 1 saturated heterocycles. The highest BCUT2D eigenvalue weighted by Crippen LogP contribution is 2.66. The molecule has 2 bridgehead atoms. The number of carboxylic acids is 1. The van der Waals surface area contributed by atoms with Crippen molar-refractivity contribution >= 4 is 23.5 Å². The van der Waals surface area contributed by atoms with Gasteiger partial charge in [0.15, 0.2) is 11.6 Å². The lowest BCUT2D eigenvalue weighted by molar-refractivity contribution is -0.207. The number of esters is 1. The normalized spacial score (nSPS) is 46.2. The van der Waals surface area contributed by atoms with E-state index in [1.54, 1.807) is 19.9 Å². The topological polar surface area (TPSA) is 97.7 Å². The van der Waals surface area contributed by atoms with Crippen molar-refractivity contribution < 1.29 is 29.0 Å². The Balaban J connectivity index is 1.95. The van der Waals surface area contributed by atoms with Gasteiger partial charge in [-0.1, -0.05) is 26.8 Å². The molecule has 1 N–H and O–H groups in total. The summed E-state index contributed by atoms with van der Waals surface area (Å²) in [6, 6.07) is 0. The van der Waals surface area contributed by atoms with Crippen molar-refractivity contribution in [3.8, 4) is 0 Å². The maximum atomic E-state index is 13.1. The zero-order chi connectivity index (χ0) is 19.1. The number of ether oxygens (including phenoxy) is 1. The molecule has 3 fully saturated rings. The lowest BCUT2D eigenvalue weighted by Gasteiger charge is -2.57. The van der Waals surface area contributed by atoms with Crippen LogP contribution in [-0.2, 0) is 23.9 Å². The molecule has 6 unspecified atom stereocenters. The molecule has 4 rings (SSSR count). The first-order valence-electron chi connectivity index (χ1n) is 9.27. The van der Waals surface area contributed by atoms with Crippen LogP contribution in [0.3, 0.4) is 0 Å². The second kappa shape index (κ2) is 5.05. The monoisotopic (exact) mass is 360 g/mol. The summed E-state index contributed by atoms with van der Waals surface area (Å²) in [6.45, 7) is 5.14. The molecule has 26 heavy (non-hydrogen) atoms. The molecule has 1 aliphatic heterocycles. The summed E-state index contributed by atoms with van der Waals surface area (Å²) in [5, 5.41) is 10.0. The van der Waals surface area contributed by atoms with E-state index in [-0.39, 0.29) is 30.0 Å². The number of fused-ring (bicyclic) bond motifs is 2. The number of aliphatic carboxylic acids is 1. The largest absolute Gasteiger partial charge is 0.481 e. The van der Waals surface area contributed by atoms with Crippen LogP contribution >= 0.6 is 0 Å². The van der Waals surface area contributed by atoms with Crippen LogP contribution in [0.25, 0.3) is 0 Å². The van der Waals surface area contributed by atoms with Gasteiger partial charge in [-0.25, -0.2) is 0 Å². The number of hydrogen-bond acceptors (Lipinski definition) is 5. The summed E-state index contributed by atoms with van der Waals surface area (Å²) in [4.78, 5) is 51.4. The molecule has 6 heteroatoms. The first-order valence-corrected chi connectivity index (χ1v) is 9.27.